The fraction of sp³-hybridized carbons (Fsp3) is 0.762. The zero-order chi connectivity index (χ0) is 21.7. The smallest absolute Gasteiger partial charge is 0.380 e. The van der Waals surface area contributed by atoms with E-state index in [9.17, 15) is 18.3 Å². The lowest BCUT2D eigenvalue weighted by Gasteiger charge is -2.38. The van der Waals surface area contributed by atoms with Gasteiger partial charge in [-0.3, -0.25) is 4.90 Å². The van der Waals surface area contributed by atoms with Crippen LogP contribution in [0.5, 0.6) is 0 Å². The number of aromatic nitrogens is 3. The molecule has 2 aromatic rings. The standard InChI is InChI=1S/C21H29F3N4OS/c1-13-25-15(12-28-10-8-20(29,9-11-28)21(22,23)24)16-18(26-13)30-17(27-16)14-4-6-19(2,3)7-5-14/h14,29H,4-12H2,1-3H3. The van der Waals surface area contributed by atoms with Crippen LogP contribution in [0.3, 0.4) is 0 Å². The van der Waals surface area contributed by atoms with Crippen LogP contribution in [0.1, 0.15) is 74.8 Å². The van der Waals surface area contributed by atoms with Crippen LogP contribution in [0.25, 0.3) is 10.3 Å². The van der Waals surface area contributed by atoms with Crippen LogP contribution in [-0.4, -0.2) is 49.8 Å². The van der Waals surface area contributed by atoms with Gasteiger partial charge in [0, 0.05) is 25.6 Å². The third-order valence-electron chi connectivity index (χ3n) is 6.73. The summed E-state index contributed by atoms with van der Waals surface area (Å²) < 4.78 is 39.2. The van der Waals surface area contributed by atoms with Crippen molar-refractivity contribution in [2.75, 3.05) is 13.1 Å². The van der Waals surface area contributed by atoms with Crippen LogP contribution in [0.4, 0.5) is 13.2 Å². The maximum Gasteiger partial charge on any atom is 0.417 e. The number of likely N-dealkylation sites (tertiary alicyclic amines) is 1. The Morgan fingerprint density at radius 3 is 2.30 bits per heavy atom. The Labute approximate surface area is 178 Å². The number of nitrogens with zero attached hydrogens (tertiary/aromatic N) is 4. The van der Waals surface area contributed by atoms with E-state index in [0.717, 1.165) is 33.9 Å². The topological polar surface area (TPSA) is 62.1 Å². The zero-order valence-electron chi connectivity index (χ0n) is 17.7. The number of fused-ring (bicyclic) bond motifs is 1. The van der Waals surface area contributed by atoms with Gasteiger partial charge in [0.05, 0.1) is 10.7 Å². The predicted octanol–water partition coefficient (Wildman–Crippen LogP) is 4.97. The Hall–Kier alpha value is -1.32. The molecule has 1 saturated carbocycles. The van der Waals surface area contributed by atoms with Gasteiger partial charge < -0.3 is 5.11 Å². The molecule has 5 nitrogen and oxygen atoms in total. The maximum absolute atomic E-state index is 13.1. The molecule has 1 saturated heterocycles. The Morgan fingerprint density at radius 2 is 1.70 bits per heavy atom. The van der Waals surface area contributed by atoms with Gasteiger partial charge in [0.1, 0.15) is 16.2 Å². The number of halogens is 3. The van der Waals surface area contributed by atoms with E-state index in [0.29, 0.717) is 23.7 Å². The van der Waals surface area contributed by atoms with Crippen molar-refractivity contribution in [1.82, 2.24) is 19.9 Å². The van der Waals surface area contributed by atoms with Gasteiger partial charge in [-0.15, -0.1) is 0 Å². The zero-order valence-corrected chi connectivity index (χ0v) is 18.5. The summed E-state index contributed by atoms with van der Waals surface area (Å²) in [5.74, 6) is 1.10. The van der Waals surface area contributed by atoms with Crippen LogP contribution in [0, 0.1) is 12.3 Å². The number of rotatable bonds is 3. The van der Waals surface area contributed by atoms with Gasteiger partial charge in [0.25, 0.3) is 0 Å². The summed E-state index contributed by atoms with van der Waals surface area (Å²) in [7, 11) is 0. The molecule has 1 N–H and O–H groups in total. The third-order valence-corrected chi connectivity index (χ3v) is 7.84. The summed E-state index contributed by atoms with van der Waals surface area (Å²) >= 11 is 1.63. The Bertz CT molecular complexity index is 909. The molecule has 2 fully saturated rings. The second kappa shape index (κ2) is 7.67. The quantitative estimate of drug-likeness (QED) is 0.727. The summed E-state index contributed by atoms with van der Waals surface area (Å²) in [5.41, 5.74) is -0.639. The minimum atomic E-state index is -4.59. The van der Waals surface area contributed by atoms with Gasteiger partial charge in [0.15, 0.2) is 5.60 Å². The molecule has 30 heavy (non-hydrogen) atoms. The second-order valence-corrected chi connectivity index (χ2v) is 10.7. The minimum absolute atomic E-state index is 0.176. The molecule has 166 valence electrons. The SMILES string of the molecule is Cc1nc(CN2CCC(O)(C(F)(F)F)CC2)c2nc(C3CCC(C)(C)CC3)sc2n1. The number of hydrogen-bond donors (Lipinski definition) is 1. The second-order valence-electron chi connectivity index (χ2n) is 9.67. The average molecular weight is 443 g/mol. The minimum Gasteiger partial charge on any atom is -0.380 e. The molecule has 0 spiro atoms. The van der Waals surface area contributed by atoms with Gasteiger partial charge >= 0.3 is 6.18 Å². The highest BCUT2D eigenvalue weighted by molar-refractivity contribution is 7.18. The number of alkyl halides is 3. The van der Waals surface area contributed by atoms with Crippen LogP contribution >= 0.6 is 11.3 Å². The van der Waals surface area contributed by atoms with Crippen molar-refractivity contribution in [1.29, 1.82) is 0 Å². The molecule has 0 radical (unpaired) electrons. The Kier molecular flexibility index (Phi) is 5.60. The van der Waals surface area contributed by atoms with E-state index < -0.39 is 11.8 Å². The van der Waals surface area contributed by atoms with E-state index in [-0.39, 0.29) is 25.9 Å². The number of aryl methyl sites for hydroxylation is 1. The summed E-state index contributed by atoms with van der Waals surface area (Å²) in [4.78, 5) is 16.8. The lowest BCUT2D eigenvalue weighted by molar-refractivity contribution is -0.272. The molecule has 0 atom stereocenters. The highest BCUT2D eigenvalue weighted by atomic mass is 32.1. The van der Waals surface area contributed by atoms with Crippen molar-refractivity contribution in [3.63, 3.8) is 0 Å². The van der Waals surface area contributed by atoms with E-state index in [1.165, 1.54) is 12.8 Å². The fourth-order valence-corrected chi connectivity index (χ4v) is 5.69. The van der Waals surface area contributed by atoms with Crippen molar-refractivity contribution in [2.45, 2.75) is 83.5 Å². The monoisotopic (exact) mass is 442 g/mol. The fourth-order valence-electron chi connectivity index (χ4n) is 4.52. The molecule has 0 unspecified atom stereocenters. The molecule has 4 rings (SSSR count). The van der Waals surface area contributed by atoms with Crippen LogP contribution in [0.2, 0.25) is 0 Å². The highest BCUT2D eigenvalue weighted by Gasteiger charge is 2.54. The molecule has 2 aromatic heterocycles. The molecule has 2 aliphatic rings. The van der Waals surface area contributed by atoms with E-state index in [1.807, 2.05) is 11.8 Å². The maximum atomic E-state index is 13.1. The average Bonchev–Trinajstić information content (AvgIpc) is 3.06. The molecule has 9 heteroatoms. The van der Waals surface area contributed by atoms with Crippen LogP contribution in [-0.2, 0) is 6.54 Å². The number of thiazole rings is 1. The Balaban J connectivity index is 1.52. The van der Waals surface area contributed by atoms with E-state index in [2.05, 4.69) is 23.8 Å². The van der Waals surface area contributed by atoms with Gasteiger partial charge in [-0.1, -0.05) is 25.2 Å². The largest absolute Gasteiger partial charge is 0.417 e. The molecule has 0 aromatic carbocycles. The summed E-state index contributed by atoms with van der Waals surface area (Å²) in [5, 5.41) is 11.0. The van der Waals surface area contributed by atoms with Crippen LogP contribution < -0.4 is 0 Å². The first kappa shape index (κ1) is 21.9. The number of piperidine rings is 1. The molecule has 0 bridgehead atoms. The van der Waals surface area contributed by atoms with Crippen molar-refractivity contribution in [2.24, 2.45) is 5.41 Å². The van der Waals surface area contributed by atoms with E-state index >= 15 is 0 Å². The van der Waals surface area contributed by atoms with Gasteiger partial charge in [-0.25, -0.2) is 15.0 Å². The molecule has 1 aliphatic carbocycles. The molecule has 3 heterocycles. The van der Waals surface area contributed by atoms with E-state index in [1.54, 1.807) is 11.3 Å². The van der Waals surface area contributed by atoms with Gasteiger partial charge in [-0.2, -0.15) is 13.2 Å². The predicted molar refractivity (Wildman–Crippen MR) is 110 cm³/mol. The van der Waals surface area contributed by atoms with Gasteiger partial charge in [-0.05, 0) is 50.9 Å². The van der Waals surface area contributed by atoms with E-state index in [4.69, 9.17) is 4.98 Å². The van der Waals surface area contributed by atoms with Crippen molar-refractivity contribution < 1.29 is 18.3 Å². The number of aliphatic hydroxyl groups is 1. The molecular formula is C21H29F3N4OS. The molecule has 0 amide bonds. The first-order chi connectivity index (χ1) is 14.0. The summed E-state index contributed by atoms with van der Waals surface area (Å²) in [6, 6.07) is 0. The van der Waals surface area contributed by atoms with Crippen molar-refractivity contribution in [3.05, 3.63) is 16.5 Å². The first-order valence-electron chi connectivity index (χ1n) is 10.6. The van der Waals surface area contributed by atoms with Crippen molar-refractivity contribution >= 4 is 21.7 Å². The lowest BCUT2D eigenvalue weighted by atomic mass is 9.73. The third kappa shape index (κ3) is 4.34. The Morgan fingerprint density at radius 1 is 1.07 bits per heavy atom. The summed E-state index contributed by atoms with van der Waals surface area (Å²) in [6.07, 6.45) is -0.612. The normalized spacial score (nSPS) is 23.2. The highest BCUT2D eigenvalue weighted by Crippen LogP contribution is 2.44. The van der Waals surface area contributed by atoms with Crippen LogP contribution in [0.15, 0.2) is 0 Å². The molecular weight excluding hydrogens is 413 g/mol. The summed E-state index contributed by atoms with van der Waals surface area (Å²) in [6.45, 7) is 7.24. The van der Waals surface area contributed by atoms with Gasteiger partial charge in [0.2, 0.25) is 0 Å². The van der Waals surface area contributed by atoms with Crippen molar-refractivity contribution in [3.8, 4) is 0 Å². The first-order valence-corrected chi connectivity index (χ1v) is 11.4. The molecule has 1 aliphatic heterocycles. The lowest BCUT2D eigenvalue weighted by Crippen LogP contribution is -2.53. The number of hydrogen-bond acceptors (Lipinski definition) is 6.